The average molecular weight is 470 g/mol. The van der Waals surface area contributed by atoms with Crippen LogP contribution in [0.25, 0.3) is 0 Å². The van der Waals surface area contributed by atoms with Crippen molar-refractivity contribution in [2.45, 2.75) is 18.2 Å². The summed E-state index contributed by atoms with van der Waals surface area (Å²) < 4.78 is 6.44. The number of nitrogens with zero attached hydrogens (tertiary/aromatic N) is 3. The van der Waals surface area contributed by atoms with Gasteiger partial charge in [-0.2, -0.15) is 5.10 Å². The predicted molar refractivity (Wildman–Crippen MR) is 129 cm³/mol. The third-order valence-corrected chi connectivity index (χ3v) is 7.81. The van der Waals surface area contributed by atoms with Gasteiger partial charge in [0.2, 0.25) is 11.8 Å². The van der Waals surface area contributed by atoms with Crippen molar-refractivity contribution >= 4 is 40.5 Å². The van der Waals surface area contributed by atoms with Gasteiger partial charge >= 0.3 is 0 Å². The van der Waals surface area contributed by atoms with Crippen molar-refractivity contribution in [3.05, 3.63) is 95.5 Å². The molecule has 2 amide bonds. The summed E-state index contributed by atoms with van der Waals surface area (Å²) in [7, 11) is 0. The first kappa shape index (κ1) is 19.9. The molecule has 6 atom stereocenters. The van der Waals surface area contributed by atoms with Gasteiger partial charge in [-0.3, -0.25) is 14.6 Å². The van der Waals surface area contributed by atoms with E-state index in [0.29, 0.717) is 10.7 Å². The highest BCUT2D eigenvalue weighted by Gasteiger charge is 2.72. The van der Waals surface area contributed by atoms with E-state index in [1.54, 1.807) is 12.1 Å². The quantitative estimate of drug-likeness (QED) is 0.541. The van der Waals surface area contributed by atoms with E-state index in [1.807, 2.05) is 77.8 Å². The van der Waals surface area contributed by atoms with Crippen LogP contribution >= 0.6 is 11.6 Å². The zero-order valence-corrected chi connectivity index (χ0v) is 18.7. The number of imide groups is 1. The minimum absolute atomic E-state index is 0.168. The number of halogens is 1. The molecule has 0 unspecified atom stereocenters. The summed E-state index contributed by atoms with van der Waals surface area (Å²) in [6.07, 6.45) is -0.872. The molecule has 3 fully saturated rings. The van der Waals surface area contributed by atoms with Gasteiger partial charge in [-0.1, -0.05) is 66.2 Å². The molecule has 0 saturated carbocycles. The fraction of sp³-hybridized carbons (Fsp3) is 0.222. The summed E-state index contributed by atoms with van der Waals surface area (Å²) in [6.45, 7) is 0. The summed E-state index contributed by atoms with van der Waals surface area (Å²) in [5, 5.41) is 7.59. The summed E-state index contributed by atoms with van der Waals surface area (Å²) >= 11 is 6.59. The monoisotopic (exact) mass is 469 g/mol. The first-order valence-electron chi connectivity index (χ1n) is 11.4. The van der Waals surface area contributed by atoms with Crippen molar-refractivity contribution < 1.29 is 14.3 Å². The lowest BCUT2D eigenvalue weighted by molar-refractivity contribution is -0.125. The normalized spacial score (nSPS) is 31.1. The number of para-hydroxylation sites is 2. The molecule has 7 heteroatoms. The van der Waals surface area contributed by atoms with Crippen LogP contribution in [-0.4, -0.2) is 35.8 Å². The number of fused-ring (bicyclic) bond motifs is 8. The molecule has 0 spiro atoms. The summed E-state index contributed by atoms with van der Waals surface area (Å²) in [4.78, 5) is 28.5. The van der Waals surface area contributed by atoms with Crippen molar-refractivity contribution in [3.8, 4) is 0 Å². The maximum absolute atomic E-state index is 13.6. The third-order valence-electron chi connectivity index (χ3n) is 7.48. The van der Waals surface area contributed by atoms with Gasteiger partial charge in [0.15, 0.2) is 0 Å². The van der Waals surface area contributed by atoms with Crippen molar-refractivity contribution in [2.24, 2.45) is 22.9 Å². The topological polar surface area (TPSA) is 62.2 Å². The van der Waals surface area contributed by atoms with Crippen LogP contribution in [-0.2, 0) is 14.3 Å². The Morgan fingerprint density at radius 3 is 1.97 bits per heavy atom. The van der Waals surface area contributed by atoms with Crippen LogP contribution < -0.4 is 9.91 Å². The molecule has 2 bridgehead atoms. The van der Waals surface area contributed by atoms with E-state index < -0.39 is 24.0 Å². The first-order valence-corrected chi connectivity index (χ1v) is 11.8. The Kier molecular flexibility index (Phi) is 4.26. The highest BCUT2D eigenvalue weighted by molar-refractivity contribution is 6.34. The van der Waals surface area contributed by atoms with Crippen LogP contribution in [0, 0.1) is 17.8 Å². The van der Waals surface area contributed by atoms with E-state index in [4.69, 9.17) is 21.4 Å². The summed E-state index contributed by atoms with van der Waals surface area (Å²) in [5.41, 5.74) is 3.17. The van der Waals surface area contributed by atoms with Crippen LogP contribution in [0.5, 0.6) is 0 Å². The Bertz CT molecular complexity index is 1350. The van der Waals surface area contributed by atoms with Crippen LogP contribution in [0.4, 0.5) is 11.4 Å². The molecular formula is C27H20ClN3O3. The van der Waals surface area contributed by atoms with Gasteiger partial charge < -0.3 is 4.74 Å². The number of ether oxygens (including phenoxy) is 1. The maximum Gasteiger partial charge on any atom is 0.240 e. The van der Waals surface area contributed by atoms with Crippen molar-refractivity contribution in [3.63, 3.8) is 0 Å². The number of rotatable bonds is 3. The van der Waals surface area contributed by atoms with E-state index in [9.17, 15) is 9.59 Å². The van der Waals surface area contributed by atoms with Crippen LogP contribution in [0.2, 0.25) is 5.02 Å². The van der Waals surface area contributed by atoms with Gasteiger partial charge in [-0.05, 0) is 30.3 Å². The molecule has 4 aliphatic rings. The molecule has 0 radical (unpaired) electrons. The molecule has 3 saturated heterocycles. The van der Waals surface area contributed by atoms with Gasteiger partial charge in [-0.25, -0.2) is 4.90 Å². The fourth-order valence-corrected chi connectivity index (χ4v) is 6.39. The predicted octanol–water partition coefficient (Wildman–Crippen LogP) is 4.14. The molecule has 0 N–H and O–H groups in total. The van der Waals surface area contributed by atoms with Gasteiger partial charge in [-0.15, -0.1) is 0 Å². The molecule has 3 aromatic carbocycles. The minimum atomic E-state index is -0.526. The highest BCUT2D eigenvalue weighted by Crippen LogP contribution is 2.56. The number of benzene rings is 3. The standard InChI is InChI=1S/C27H20ClN3O3/c28-18-14-8-7-13-17(18)22-21-23(31(29-22)16-11-5-2-6-12-16)25-20-19(24(21)34-25)26(32)30(27(20)33)15-9-3-1-4-10-15/h1-14,19-21,23-25H/t19-,20+,21-,23+,24+,25-/m0/s1. The van der Waals surface area contributed by atoms with E-state index in [-0.39, 0.29) is 23.8 Å². The molecule has 0 aromatic heterocycles. The van der Waals surface area contributed by atoms with E-state index >= 15 is 0 Å². The minimum Gasteiger partial charge on any atom is -0.370 e. The van der Waals surface area contributed by atoms with Gasteiger partial charge in [0.1, 0.15) is 0 Å². The second-order valence-corrected chi connectivity index (χ2v) is 9.53. The lowest BCUT2D eigenvalue weighted by atomic mass is 9.70. The first-order chi connectivity index (χ1) is 16.6. The van der Waals surface area contributed by atoms with Crippen LogP contribution in [0.3, 0.4) is 0 Å². The van der Waals surface area contributed by atoms with Gasteiger partial charge in [0.05, 0.1) is 53.1 Å². The molecule has 3 aromatic rings. The summed E-state index contributed by atoms with van der Waals surface area (Å²) in [6, 6.07) is 26.5. The van der Waals surface area contributed by atoms with Crippen molar-refractivity contribution in [2.75, 3.05) is 9.91 Å². The van der Waals surface area contributed by atoms with E-state index in [1.165, 1.54) is 4.90 Å². The second-order valence-electron chi connectivity index (χ2n) is 9.13. The lowest BCUT2D eigenvalue weighted by Gasteiger charge is -2.32. The number of amides is 2. The van der Waals surface area contributed by atoms with E-state index in [2.05, 4.69) is 0 Å². The smallest absolute Gasteiger partial charge is 0.240 e. The Morgan fingerprint density at radius 1 is 0.706 bits per heavy atom. The van der Waals surface area contributed by atoms with Crippen molar-refractivity contribution in [1.29, 1.82) is 0 Å². The average Bonchev–Trinajstić information content (AvgIpc) is 3.60. The molecule has 168 valence electrons. The number of hydrazone groups is 1. The zero-order valence-electron chi connectivity index (χ0n) is 18.0. The molecule has 6 nitrogen and oxygen atoms in total. The number of carbonyl (C=O) groups excluding carboxylic acids is 2. The Balaban J connectivity index is 1.34. The molecule has 34 heavy (non-hydrogen) atoms. The van der Waals surface area contributed by atoms with Crippen LogP contribution in [0.1, 0.15) is 5.56 Å². The second kappa shape index (κ2) is 7.26. The molecular weight excluding hydrogens is 450 g/mol. The van der Waals surface area contributed by atoms with E-state index in [0.717, 1.165) is 17.0 Å². The van der Waals surface area contributed by atoms with Gasteiger partial charge in [0.25, 0.3) is 0 Å². The molecule has 0 aliphatic carbocycles. The number of hydrogen-bond donors (Lipinski definition) is 0. The lowest BCUT2D eigenvalue weighted by Crippen LogP contribution is -2.50. The Hall–Kier alpha value is -3.48. The molecule has 4 aliphatic heterocycles. The van der Waals surface area contributed by atoms with Crippen LogP contribution in [0.15, 0.2) is 90.0 Å². The Morgan fingerprint density at radius 2 is 1.29 bits per heavy atom. The number of carbonyl (C=O) groups is 2. The fourth-order valence-electron chi connectivity index (χ4n) is 6.16. The SMILES string of the molecule is O=C1[C@@H]2[C@H]3O[C@@H]([C@@H]2C(=O)N1c1ccccc1)[C@H]1[C@@H]3C(c2ccccc2Cl)=NN1c1ccccc1. The summed E-state index contributed by atoms with van der Waals surface area (Å²) in [5.74, 6) is -1.60. The third kappa shape index (κ3) is 2.58. The molecule has 7 rings (SSSR count). The van der Waals surface area contributed by atoms with Gasteiger partial charge in [0, 0.05) is 10.6 Å². The zero-order chi connectivity index (χ0) is 23.0. The highest BCUT2D eigenvalue weighted by atomic mass is 35.5. The Labute approximate surface area is 201 Å². The van der Waals surface area contributed by atoms with Crippen molar-refractivity contribution in [1.82, 2.24) is 0 Å². The number of anilines is 2. The molecule has 4 heterocycles. The largest absolute Gasteiger partial charge is 0.370 e. The number of hydrogen-bond acceptors (Lipinski definition) is 5. The maximum atomic E-state index is 13.6.